The van der Waals surface area contributed by atoms with Crippen LogP contribution in [0, 0.1) is 5.92 Å². The van der Waals surface area contributed by atoms with Gasteiger partial charge in [-0.15, -0.1) is 0 Å². The number of benzene rings is 2. The van der Waals surface area contributed by atoms with Crippen molar-refractivity contribution in [2.45, 2.75) is 58.0 Å². The Balaban J connectivity index is 1.23. The molecule has 5 nitrogen and oxygen atoms in total. The molecule has 2 aliphatic heterocycles. The van der Waals surface area contributed by atoms with E-state index in [9.17, 15) is 13.6 Å². The number of amides is 1. The van der Waals surface area contributed by atoms with Gasteiger partial charge in [-0.2, -0.15) is 0 Å². The van der Waals surface area contributed by atoms with Gasteiger partial charge < -0.3 is 20.4 Å². The minimum absolute atomic E-state index is 0.0861. The molecule has 0 bridgehead atoms. The highest BCUT2D eigenvalue weighted by Crippen LogP contribution is 2.31. The summed E-state index contributed by atoms with van der Waals surface area (Å²) in [4.78, 5) is 17.0. The van der Waals surface area contributed by atoms with E-state index in [0.717, 1.165) is 48.6 Å². The second kappa shape index (κ2) is 10.7. The monoisotopic (exact) mass is 470 g/mol. The normalized spacial score (nSPS) is 19.3. The van der Waals surface area contributed by atoms with Gasteiger partial charge in [-0.25, -0.2) is 8.78 Å². The molecule has 2 aliphatic rings. The Labute approximate surface area is 201 Å². The summed E-state index contributed by atoms with van der Waals surface area (Å²) in [6, 6.07) is 16.5. The summed E-state index contributed by atoms with van der Waals surface area (Å²) in [7, 11) is 0. The first kappa shape index (κ1) is 24.5. The van der Waals surface area contributed by atoms with E-state index >= 15 is 0 Å². The number of likely N-dealkylation sites (tertiary alicyclic amines) is 1. The molecule has 184 valence electrons. The summed E-state index contributed by atoms with van der Waals surface area (Å²) in [6.07, 6.45) is 1.68. The maximum absolute atomic E-state index is 13.4. The molecule has 34 heavy (non-hydrogen) atoms. The lowest BCUT2D eigenvalue weighted by Crippen LogP contribution is -2.42. The van der Waals surface area contributed by atoms with Crippen molar-refractivity contribution in [1.29, 1.82) is 0 Å². The van der Waals surface area contributed by atoms with E-state index < -0.39 is 5.92 Å². The van der Waals surface area contributed by atoms with Crippen LogP contribution in [0.5, 0.6) is 0 Å². The van der Waals surface area contributed by atoms with Gasteiger partial charge in [0.25, 0.3) is 5.92 Å². The molecule has 0 spiro atoms. The summed E-state index contributed by atoms with van der Waals surface area (Å²) < 4.78 is 26.8. The van der Waals surface area contributed by atoms with E-state index in [4.69, 9.17) is 0 Å². The van der Waals surface area contributed by atoms with Gasteiger partial charge in [0, 0.05) is 61.5 Å². The highest BCUT2D eigenvalue weighted by Gasteiger charge is 2.34. The number of hydrogen-bond acceptors (Lipinski definition) is 4. The molecule has 2 N–H and O–H groups in total. The molecule has 0 aliphatic carbocycles. The molecular formula is C27H36F2N4O. The molecule has 4 rings (SSSR count). The number of rotatable bonds is 7. The Morgan fingerprint density at radius 3 is 2.06 bits per heavy atom. The largest absolute Gasteiger partial charge is 0.371 e. The fourth-order valence-electron chi connectivity index (χ4n) is 4.73. The van der Waals surface area contributed by atoms with Crippen LogP contribution in [0.1, 0.15) is 45.1 Å². The number of halogens is 2. The Hall–Kier alpha value is -2.67. The summed E-state index contributed by atoms with van der Waals surface area (Å²) >= 11 is 0. The first-order chi connectivity index (χ1) is 16.3. The van der Waals surface area contributed by atoms with Crippen molar-refractivity contribution >= 4 is 23.0 Å². The molecule has 0 saturated carbocycles. The van der Waals surface area contributed by atoms with Crippen molar-refractivity contribution < 1.29 is 13.6 Å². The minimum atomic E-state index is -2.53. The van der Waals surface area contributed by atoms with E-state index in [-0.39, 0.29) is 24.7 Å². The molecule has 2 fully saturated rings. The van der Waals surface area contributed by atoms with Gasteiger partial charge in [0.05, 0.1) is 0 Å². The molecule has 0 atom stereocenters. The molecular weight excluding hydrogens is 434 g/mol. The maximum Gasteiger partial charge on any atom is 0.251 e. The van der Waals surface area contributed by atoms with E-state index in [1.165, 1.54) is 0 Å². The highest BCUT2D eigenvalue weighted by atomic mass is 19.3. The molecule has 0 unspecified atom stereocenters. The summed E-state index contributed by atoms with van der Waals surface area (Å²) in [5.74, 6) is -2.26. The van der Waals surface area contributed by atoms with Crippen LogP contribution in [0.4, 0.5) is 25.8 Å². The molecule has 0 radical (unpaired) electrons. The zero-order valence-corrected chi connectivity index (χ0v) is 20.2. The number of nitrogens with one attached hydrogen (secondary N) is 2. The van der Waals surface area contributed by atoms with Gasteiger partial charge in [-0.1, -0.05) is 12.1 Å². The third kappa shape index (κ3) is 6.47. The van der Waals surface area contributed by atoms with Crippen molar-refractivity contribution in [2.75, 3.05) is 36.4 Å². The van der Waals surface area contributed by atoms with Crippen LogP contribution in [-0.4, -0.2) is 49.0 Å². The van der Waals surface area contributed by atoms with Crippen LogP contribution in [0.25, 0.3) is 0 Å². The molecule has 1 amide bonds. The number of carbonyl (C=O) groups excluding carboxylic acids is 1. The van der Waals surface area contributed by atoms with Gasteiger partial charge in [0.15, 0.2) is 0 Å². The second-order valence-electron chi connectivity index (χ2n) is 9.83. The SMILES string of the molecule is CC(C)N1CCC(C(=O)NCc2ccc(Nc3ccc(N4CCC(F)(F)CC4)cc3)cc2)CC1. The van der Waals surface area contributed by atoms with Gasteiger partial charge >= 0.3 is 0 Å². The minimum Gasteiger partial charge on any atom is -0.371 e. The second-order valence-corrected chi connectivity index (χ2v) is 9.83. The van der Waals surface area contributed by atoms with E-state index in [0.29, 0.717) is 25.7 Å². The van der Waals surface area contributed by atoms with E-state index in [2.05, 4.69) is 29.4 Å². The smallest absolute Gasteiger partial charge is 0.251 e. The first-order valence-corrected chi connectivity index (χ1v) is 12.4. The molecule has 7 heteroatoms. The van der Waals surface area contributed by atoms with Crippen LogP contribution < -0.4 is 15.5 Å². The number of carbonyl (C=O) groups is 1. The Morgan fingerprint density at radius 2 is 1.50 bits per heavy atom. The molecule has 2 heterocycles. The Kier molecular flexibility index (Phi) is 7.71. The number of nitrogens with zero attached hydrogens (tertiary/aromatic N) is 2. The molecule has 0 aromatic heterocycles. The fraction of sp³-hybridized carbons (Fsp3) is 0.519. The van der Waals surface area contributed by atoms with Crippen molar-refractivity contribution in [3.63, 3.8) is 0 Å². The van der Waals surface area contributed by atoms with Gasteiger partial charge in [-0.3, -0.25) is 4.79 Å². The van der Waals surface area contributed by atoms with Gasteiger partial charge in [0.1, 0.15) is 0 Å². The van der Waals surface area contributed by atoms with Crippen molar-refractivity contribution in [2.24, 2.45) is 5.92 Å². The zero-order chi connectivity index (χ0) is 24.1. The number of piperidine rings is 2. The third-order valence-electron chi connectivity index (χ3n) is 7.07. The topological polar surface area (TPSA) is 47.6 Å². The summed E-state index contributed by atoms with van der Waals surface area (Å²) in [6.45, 7) is 7.69. The maximum atomic E-state index is 13.4. The number of alkyl halides is 2. The standard InChI is InChI=1S/C27H36F2N4O/c1-20(2)32-15-11-22(12-16-32)26(34)30-19-21-3-5-23(6-4-21)31-24-7-9-25(10-8-24)33-17-13-27(28,29)14-18-33/h3-10,20,22,31H,11-19H2,1-2H3,(H,30,34). The molecule has 2 saturated heterocycles. The van der Waals surface area contributed by atoms with Crippen molar-refractivity contribution in [1.82, 2.24) is 10.2 Å². The van der Waals surface area contributed by atoms with Crippen LogP contribution in [0.2, 0.25) is 0 Å². The van der Waals surface area contributed by atoms with E-state index in [1.807, 2.05) is 53.4 Å². The quantitative estimate of drug-likeness (QED) is 0.569. The lowest BCUT2D eigenvalue weighted by Gasteiger charge is -2.33. The average molecular weight is 471 g/mol. The zero-order valence-electron chi connectivity index (χ0n) is 20.2. The van der Waals surface area contributed by atoms with Gasteiger partial charge in [0.2, 0.25) is 5.91 Å². The summed E-state index contributed by atoms with van der Waals surface area (Å²) in [5.41, 5.74) is 3.94. The predicted molar refractivity (Wildman–Crippen MR) is 134 cm³/mol. The van der Waals surface area contributed by atoms with Crippen molar-refractivity contribution in [3.05, 3.63) is 54.1 Å². The summed E-state index contributed by atoms with van der Waals surface area (Å²) in [5, 5.41) is 6.47. The lowest BCUT2D eigenvalue weighted by molar-refractivity contribution is -0.126. The molecule has 2 aromatic rings. The average Bonchev–Trinajstić information content (AvgIpc) is 2.84. The number of anilines is 3. The van der Waals surface area contributed by atoms with Crippen LogP contribution in [-0.2, 0) is 11.3 Å². The molecule has 2 aromatic carbocycles. The Morgan fingerprint density at radius 1 is 0.941 bits per heavy atom. The van der Waals surface area contributed by atoms with Crippen LogP contribution in [0.3, 0.4) is 0 Å². The highest BCUT2D eigenvalue weighted by molar-refractivity contribution is 5.78. The predicted octanol–water partition coefficient (Wildman–Crippen LogP) is 5.40. The third-order valence-corrected chi connectivity index (χ3v) is 7.07. The first-order valence-electron chi connectivity index (χ1n) is 12.4. The lowest BCUT2D eigenvalue weighted by atomic mass is 9.95. The van der Waals surface area contributed by atoms with Gasteiger partial charge in [-0.05, 0) is 81.7 Å². The van der Waals surface area contributed by atoms with Crippen LogP contribution in [0.15, 0.2) is 48.5 Å². The van der Waals surface area contributed by atoms with Crippen LogP contribution >= 0.6 is 0 Å². The number of hydrogen-bond donors (Lipinski definition) is 2. The van der Waals surface area contributed by atoms with Crippen molar-refractivity contribution in [3.8, 4) is 0 Å². The fourth-order valence-corrected chi connectivity index (χ4v) is 4.73. The van der Waals surface area contributed by atoms with E-state index in [1.54, 1.807) is 0 Å². The Bertz CT molecular complexity index is 928.